The van der Waals surface area contributed by atoms with Crippen molar-refractivity contribution in [3.05, 3.63) is 30.1 Å². The molecule has 0 unspecified atom stereocenters. The first-order chi connectivity index (χ1) is 8.33. The van der Waals surface area contributed by atoms with E-state index in [4.69, 9.17) is 0 Å². The maximum Gasteiger partial charge on any atom is 0.223 e. The van der Waals surface area contributed by atoms with Crippen LogP contribution in [0.3, 0.4) is 0 Å². The Bertz CT molecular complexity index is 404. The van der Waals surface area contributed by atoms with Crippen LogP contribution in [-0.2, 0) is 11.3 Å². The van der Waals surface area contributed by atoms with E-state index in [-0.39, 0.29) is 11.8 Å². The Morgan fingerprint density at radius 3 is 3.00 bits per heavy atom. The molecule has 2 aliphatic carbocycles. The summed E-state index contributed by atoms with van der Waals surface area (Å²) in [5.74, 6) is 2.02. The summed E-state index contributed by atoms with van der Waals surface area (Å²) in [5, 5.41) is 3.05. The zero-order valence-electron chi connectivity index (χ0n) is 9.93. The lowest BCUT2D eigenvalue weighted by molar-refractivity contribution is -0.126. The highest BCUT2D eigenvalue weighted by molar-refractivity contribution is 5.79. The summed E-state index contributed by atoms with van der Waals surface area (Å²) < 4.78 is 0. The largest absolute Gasteiger partial charge is 0.352 e. The number of nitrogens with one attached hydrogen (secondary N) is 1. The predicted octanol–water partition coefficient (Wildman–Crippen LogP) is 2.13. The number of aromatic nitrogens is 1. The predicted molar refractivity (Wildman–Crippen MR) is 65.0 cm³/mol. The normalized spacial score (nSPS) is 30.5. The Labute approximate surface area is 102 Å². The summed E-state index contributed by atoms with van der Waals surface area (Å²) in [6.07, 6.45) is 8.56. The zero-order valence-corrected chi connectivity index (χ0v) is 9.93. The summed E-state index contributed by atoms with van der Waals surface area (Å²) in [6.45, 7) is 0.612. The molecule has 3 heteroatoms. The van der Waals surface area contributed by atoms with Gasteiger partial charge in [0.2, 0.25) is 5.91 Å². The quantitative estimate of drug-likeness (QED) is 0.864. The summed E-state index contributed by atoms with van der Waals surface area (Å²) in [4.78, 5) is 16.1. The highest BCUT2D eigenvalue weighted by Crippen LogP contribution is 2.48. The fourth-order valence-corrected chi connectivity index (χ4v) is 3.39. The molecule has 0 radical (unpaired) electrons. The molecule has 1 heterocycles. The molecule has 2 fully saturated rings. The maximum absolute atomic E-state index is 12.1. The third-order valence-corrected chi connectivity index (χ3v) is 4.26. The Balaban J connectivity index is 1.54. The van der Waals surface area contributed by atoms with Gasteiger partial charge >= 0.3 is 0 Å². The van der Waals surface area contributed by atoms with E-state index in [0.29, 0.717) is 12.5 Å². The van der Waals surface area contributed by atoms with Crippen molar-refractivity contribution in [3.8, 4) is 0 Å². The van der Waals surface area contributed by atoms with Gasteiger partial charge < -0.3 is 5.32 Å². The van der Waals surface area contributed by atoms with Gasteiger partial charge in [-0.2, -0.15) is 0 Å². The first-order valence-electron chi connectivity index (χ1n) is 6.49. The van der Waals surface area contributed by atoms with E-state index in [1.54, 1.807) is 12.4 Å². The van der Waals surface area contributed by atoms with Crippen LogP contribution in [0, 0.1) is 17.8 Å². The van der Waals surface area contributed by atoms with E-state index in [0.717, 1.165) is 17.9 Å². The van der Waals surface area contributed by atoms with E-state index < -0.39 is 0 Å². The molecule has 3 rings (SSSR count). The van der Waals surface area contributed by atoms with Crippen molar-refractivity contribution < 1.29 is 4.79 Å². The van der Waals surface area contributed by atoms with Gasteiger partial charge in [-0.15, -0.1) is 0 Å². The van der Waals surface area contributed by atoms with Crippen LogP contribution in [0.2, 0.25) is 0 Å². The molecule has 90 valence electrons. The van der Waals surface area contributed by atoms with Gasteiger partial charge in [-0.05, 0) is 42.7 Å². The second-order valence-electron chi connectivity index (χ2n) is 5.36. The Morgan fingerprint density at radius 1 is 1.41 bits per heavy atom. The van der Waals surface area contributed by atoms with E-state index in [1.807, 2.05) is 12.1 Å². The van der Waals surface area contributed by atoms with Gasteiger partial charge in [0, 0.05) is 24.9 Å². The summed E-state index contributed by atoms with van der Waals surface area (Å²) >= 11 is 0. The molecule has 1 aromatic rings. The second-order valence-corrected chi connectivity index (χ2v) is 5.36. The van der Waals surface area contributed by atoms with Gasteiger partial charge in [-0.1, -0.05) is 12.5 Å². The molecule has 0 aliphatic heterocycles. The fraction of sp³-hybridized carbons (Fsp3) is 0.571. The van der Waals surface area contributed by atoms with Crippen LogP contribution < -0.4 is 5.32 Å². The molecule has 1 aromatic heterocycles. The smallest absolute Gasteiger partial charge is 0.223 e. The van der Waals surface area contributed by atoms with E-state index in [1.165, 1.54) is 19.3 Å². The van der Waals surface area contributed by atoms with Gasteiger partial charge in [-0.3, -0.25) is 9.78 Å². The van der Waals surface area contributed by atoms with Gasteiger partial charge in [0.1, 0.15) is 0 Å². The van der Waals surface area contributed by atoms with Crippen molar-refractivity contribution in [2.24, 2.45) is 17.8 Å². The SMILES string of the molecule is O=C(NCc1cccnc1)[C@@H]1C[C@@H]2CC[C@@H]1C2. The number of carbonyl (C=O) groups is 1. The van der Waals surface area contributed by atoms with Crippen molar-refractivity contribution in [2.75, 3.05) is 0 Å². The van der Waals surface area contributed by atoms with E-state index in [2.05, 4.69) is 10.3 Å². The molecule has 0 spiro atoms. The lowest BCUT2D eigenvalue weighted by Crippen LogP contribution is -2.33. The van der Waals surface area contributed by atoms with Crippen molar-refractivity contribution >= 4 is 5.91 Å². The van der Waals surface area contributed by atoms with Gasteiger partial charge in [0.25, 0.3) is 0 Å². The van der Waals surface area contributed by atoms with Crippen molar-refractivity contribution in [2.45, 2.75) is 32.2 Å². The molecule has 2 saturated carbocycles. The minimum atomic E-state index is 0.251. The molecule has 3 atom stereocenters. The van der Waals surface area contributed by atoms with Crippen molar-refractivity contribution in [3.63, 3.8) is 0 Å². The molecule has 0 aromatic carbocycles. The Kier molecular flexibility index (Phi) is 2.83. The molecule has 3 nitrogen and oxygen atoms in total. The number of hydrogen-bond acceptors (Lipinski definition) is 2. The first kappa shape index (κ1) is 10.8. The average molecular weight is 230 g/mol. The standard InChI is InChI=1S/C14H18N2O/c17-14(13-7-10-3-4-12(13)6-10)16-9-11-2-1-5-15-8-11/h1-2,5,8,10,12-13H,3-4,6-7,9H2,(H,16,17)/t10-,12-,13-/m1/s1. The minimum Gasteiger partial charge on any atom is -0.352 e. The average Bonchev–Trinajstić information content (AvgIpc) is 2.99. The lowest BCUT2D eigenvalue weighted by atomic mass is 9.88. The topological polar surface area (TPSA) is 42.0 Å². The molecule has 0 saturated heterocycles. The van der Waals surface area contributed by atoms with Gasteiger partial charge in [0.15, 0.2) is 0 Å². The minimum absolute atomic E-state index is 0.251. The third kappa shape index (κ3) is 2.19. The summed E-state index contributed by atoms with van der Waals surface area (Å²) in [7, 11) is 0. The monoisotopic (exact) mass is 230 g/mol. The Hall–Kier alpha value is -1.38. The summed E-state index contributed by atoms with van der Waals surface area (Å²) in [6, 6.07) is 3.90. The molecular weight excluding hydrogens is 212 g/mol. The van der Waals surface area contributed by atoms with E-state index >= 15 is 0 Å². The van der Waals surface area contributed by atoms with E-state index in [9.17, 15) is 4.79 Å². The number of pyridine rings is 1. The van der Waals surface area contributed by atoms with Crippen LogP contribution in [0.15, 0.2) is 24.5 Å². The number of amides is 1. The highest BCUT2D eigenvalue weighted by Gasteiger charge is 2.42. The number of nitrogens with zero attached hydrogens (tertiary/aromatic N) is 1. The van der Waals surface area contributed by atoms with Gasteiger partial charge in [-0.25, -0.2) is 0 Å². The molecule has 2 bridgehead atoms. The molecule has 17 heavy (non-hydrogen) atoms. The number of fused-ring (bicyclic) bond motifs is 2. The molecular formula is C14H18N2O. The zero-order chi connectivity index (χ0) is 11.7. The maximum atomic E-state index is 12.1. The molecule has 1 N–H and O–H groups in total. The van der Waals surface area contributed by atoms with Crippen LogP contribution in [0.5, 0.6) is 0 Å². The van der Waals surface area contributed by atoms with Gasteiger partial charge in [0.05, 0.1) is 0 Å². The van der Waals surface area contributed by atoms with Crippen molar-refractivity contribution in [1.29, 1.82) is 0 Å². The van der Waals surface area contributed by atoms with Crippen LogP contribution in [0.25, 0.3) is 0 Å². The molecule has 2 aliphatic rings. The van der Waals surface area contributed by atoms with Crippen molar-refractivity contribution in [1.82, 2.24) is 10.3 Å². The summed E-state index contributed by atoms with van der Waals surface area (Å²) in [5.41, 5.74) is 1.07. The van der Waals surface area contributed by atoms with Crippen LogP contribution in [-0.4, -0.2) is 10.9 Å². The number of carbonyl (C=O) groups excluding carboxylic acids is 1. The molecule has 1 amide bonds. The lowest BCUT2D eigenvalue weighted by Gasteiger charge is -2.20. The number of rotatable bonds is 3. The fourth-order valence-electron chi connectivity index (χ4n) is 3.39. The first-order valence-corrected chi connectivity index (χ1v) is 6.49. The number of hydrogen-bond donors (Lipinski definition) is 1. The second kappa shape index (κ2) is 4.47. The third-order valence-electron chi connectivity index (χ3n) is 4.26. The Morgan fingerprint density at radius 2 is 2.35 bits per heavy atom. The highest BCUT2D eigenvalue weighted by atomic mass is 16.1. The van der Waals surface area contributed by atoms with Crippen LogP contribution in [0.4, 0.5) is 0 Å². The van der Waals surface area contributed by atoms with Crippen LogP contribution >= 0.6 is 0 Å². The van der Waals surface area contributed by atoms with Crippen LogP contribution in [0.1, 0.15) is 31.2 Å².